The first-order chi connectivity index (χ1) is 12.7. The molecule has 0 saturated heterocycles. The van der Waals surface area contributed by atoms with Gasteiger partial charge in [0.05, 0.1) is 13.7 Å². The van der Waals surface area contributed by atoms with Gasteiger partial charge in [-0.1, -0.05) is 36.9 Å². The zero-order chi connectivity index (χ0) is 18.8. The number of amides is 1. The molecule has 2 rings (SSSR count). The topological polar surface area (TPSA) is 56.8 Å². The minimum Gasteiger partial charge on any atom is -0.493 e. The van der Waals surface area contributed by atoms with E-state index in [1.54, 1.807) is 31.4 Å². The van der Waals surface area contributed by atoms with E-state index in [1.807, 2.05) is 31.2 Å². The van der Waals surface area contributed by atoms with Gasteiger partial charge >= 0.3 is 0 Å². The van der Waals surface area contributed by atoms with E-state index in [1.165, 1.54) is 0 Å². The molecule has 0 atom stereocenters. The van der Waals surface area contributed by atoms with Gasteiger partial charge < -0.3 is 19.5 Å². The highest BCUT2D eigenvalue weighted by Gasteiger charge is 2.11. The molecule has 5 heteroatoms. The monoisotopic (exact) mass is 355 g/mol. The highest BCUT2D eigenvalue weighted by molar-refractivity contribution is 5.94. The molecule has 26 heavy (non-hydrogen) atoms. The van der Waals surface area contributed by atoms with Gasteiger partial charge in [0, 0.05) is 18.7 Å². The van der Waals surface area contributed by atoms with Crippen molar-refractivity contribution >= 4 is 5.91 Å². The van der Waals surface area contributed by atoms with E-state index in [0.717, 1.165) is 11.1 Å². The van der Waals surface area contributed by atoms with Crippen LogP contribution >= 0.6 is 0 Å². The Labute approximate surface area is 154 Å². The molecule has 2 aromatic carbocycles. The predicted molar refractivity (Wildman–Crippen MR) is 102 cm³/mol. The fourth-order valence-corrected chi connectivity index (χ4v) is 2.33. The van der Waals surface area contributed by atoms with Crippen LogP contribution < -0.4 is 14.8 Å². The quantitative estimate of drug-likeness (QED) is 0.660. The van der Waals surface area contributed by atoms with Crippen molar-refractivity contribution in [3.8, 4) is 11.5 Å². The summed E-state index contributed by atoms with van der Waals surface area (Å²) in [7, 11) is 1.54. The minimum absolute atomic E-state index is 0.169. The van der Waals surface area contributed by atoms with Crippen LogP contribution in [0.4, 0.5) is 0 Å². The summed E-state index contributed by atoms with van der Waals surface area (Å²) >= 11 is 0. The summed E-state index contributed by atoms with van der Waals surface area (Å²) in [5.74, 6) is 0.922. The molecule has 0 aliphatic rings. The Bertz CT molecular complexity index is 725. The lowest BCUT2D eigenvalue weighted by Gasteiger charge is -2.11. The number of hydrogen-bond donors (Lipinski definition) is 1. The first-order valence-corrected chi connectivity index (χ1v) is 8.53. The molecular formula is C21H25NO4. The van der Waals surface area contributed by atoms with E-state index in [9.17, 15) is 4.79 Å². The van der Waals surface area contributed by atoms with Gasteiger partial charge in [-0.2, -0.15) is 0 Å². The number of carbonyl (C=O) groups excluding carboxylic acids is 1. The lowest BCUT2D eigenvalue weighted by Crippen LogP contribution is -2.22. The smallest absolute Gasteiger partial charge is 0.251 e. The highest BCUT2D eigenvalue weighted by atomic mass is 16.5. The molecule has 0 heterocycles. The van der Waals surface area contributed by atoms with Gasteiger partial charge in [-0.05, 0) is 36.2 Å². The summed E-state index contributed by atoms with van der Waals surface area (Å²) in [5, 5.41) is 2.91. The third-order valence-corrected chi connectivity index (χ3v) is 3.73. The number of hydrogen-bond acceptors (Lipinski definition) is 4. The van der Waals surface area contributed by atoms with Crippen LogP contribution in [0.3, 0.4) is 0 Å². The number of rotatable bonds is 10. The number of ether oxygens (including phenoxy) is 3. The number of nitrogens with one attached hydrogen (secondary N) is 1. The standard InChI is InChI=1S/C21H25NO4/c1-4-12-26-19-11-10-18(13-20(19)24-3)21(23)22-14-16-6-8-17(9-7-16)15-25-5-2/h4,6-11,13H,1,5,12,14-15H2,2-3H3,(H,22,23). The Morgan fingerprint density at radius 1 is 1.12 bits per heavy atom. The number of carbonyl (C=O) groups is 1. The number of benzene rings is 2. The third kappa shape index (κ3) is 5.63. The Morgan fingerprint density at radius 2 is 1.85 bits per heavy atom. The second-order valence-corrected chi connectivity index (χ2v) is 5.60. The van der Waals surface area contributed by atoms with Crippen molar-refractivity contribution < 1.29 is 19.0 Å². The van der Waals surface area contributed by atoms with Crippen LogP contribution in [0.2, 0.25) is 0 Å². The molecule has 0 aromatic heterocycles. The van der Waals surface area contributed by atoms with Gasteiger partial charge in [-0.25, -0.2) is 0 Å². The summed E-state index contributed by atoms with van der Waals surface area (Å²) in [4.78, 5) is 12.4. The van der Waals surface area contributed by atoms with Crippen molar-refractivity contribution in [3.63, 3.8) is 0 Å². The van der Waals surface area contributed by atoms with Crippen LogP contribution in [-0.2, 0) is 17.9 Å². The van der Waals surface area contributed by atoms with E-state index < -0.39 is 0 Å². The second kappa shape index (κ2) is 10.3. The van der Waals surface area contributed by atoms with Crippen LogP contribution in [-0.4, -0.2) is 26.2 Å². The lowest BCUT2D eigenvalue weighted by atomic mass is 10.1. The van der Waals surface area contributed by atoms with Crippen LogP contribution in [0, 0.1) is 0 Å². The molecule has 138 valence electrons. The van der Waals surface area contributed by atoms with Gasteiger partial charge in [0.2, 0.25) is 0 Å². The molecule has 2 aromatic rings. The molecule has 0 unspecified atom stereocenters. The van der Waals surface area contributed by atoms with Gasteiger partial charge in [-0.15, -0.1) is 0 Å². The van der Waals surface area contributed by atoms with E-state index in [4.69, 9.17) is 14.2 Å². The summed E-state index contributed by atoms with van der Waals surface area (Å²) in [6.45, 7) is 7.70. The zero-order valence-electron chi connectivity index (χ0n) is 15.3. The third-order valence-electron chi connectivity index (χ3n) is 3.73. The van der Waals surface area contributed by atoms with E-state index in [2.05, 4.69) is 11.9 Å². The maximum Gasteiger partial charge on any atom is 0.251 e. The molecule has 5 nitrogen and oxygen atoms in total. The first kappa shape index (κ1) is 19.5. The van der Waals surface area contributed by atoms with Crippen molar-refractivity contribution in [2.24, 2.45) is 0 Å². The summed E-state index contributed by atoms with van der Waals surface area (Å²) < 4.78 is 16.2. The molecule has 0 spiro atoms. The fraction of sp³-hybridized carbons (Fsp3) is 0.286. The lowest BCUT2D eigenvalue weighted by molar-refractivity contribution is 0.0950. The van der Waals surface area contributed by atoms with Crippen LogP contribution in [0.1, 0.15) is 28.4 Å². The summed E-state index contributed by atoms with van der Waals surface area (Å²) in [6.07, 6.45) is 1.65. The molecule has 1 amide bonds. The predicted octanol–water partition coefficient (Wildman–Crippen LogP) is 3.73. The average Bonchev–Trinajstić information content (AvgIpc) is 2.69. The van der Waals surface area contributed by atoms with Gasteiger partial charge in [-0.3, -0.25) is 4.79 Å². The molecule has 0 aliphatic heterocycles. The minimum atomic E-state index is -0.169. The maximum absolute atomic E-state index is 12.4. The first-order valence-electron chi connectivity index (χ1n) is 8.53. The van der Waals surface area contributed by atoms with Crippen molar-refractivity contribution in [3.05, 3.63) is 71.8 Å². The zero-order valence-corrected chi connectivity index (χ0v) is 15.3. The molecule has 0 saturated carbocycles. The van der Waals surface area contributed by atoms with Crippen molar-refractivity contribution in [1.29, 1.82) is 0 Å². The molecule has 0 fully saturated rings. The Morgan fingerprint density at radius 3 is 2.50 bits per heavy atom. The van der Waals surface area contributed by atoms with Gasteiger partial charge in [0.1, 0.15) is 6.61 Å². The van der Waals surface area contributed by atoms with Crippen LogP contribution in [0.15, 0.2) is 55.1 Å². The average molecular weight is 355 g/mol. The SMILES string of the molecule is C=CCOc1ccc(C(=O)NCc2ccc(COCC)cc2)cc1OC. The molecular weight excluding hydrogens is 330 g/mol. The summed E-state index contributed by atoms with van der Waals surface area (Å²) in [6, 6.07) is 13.1. The van der Waals surface area contributed by atoms with E-state index in [-0.39, 0.29) is 5.91 Å². The fourth-order valence-electron chi connectivity index (χ4n) is 2.33. The normalized spacial score (nSPS) is 10.2. The van der Waals surface area contributed by atoms with Crippen molar-refractivity contribution in [1.82, 2.24) is 5.32 Å². The Balaban J connectivity index is 1.95. The second-order valence-electron chi connectivity index (χ2n) is 5.60. The van der Waals surface area contributed by atoms with Gasteiger partial charge in [0.25, 0.3) is 5.91 Å². The Hall–Kier alpha value is -2.79. The highest BCUT2D eigenvalue weighted by Crippen LogP contribution is 2.28. The maximum atomic E-state index is 12.4. The summed E-state index contributed by atoms with van der Waals surface area (Å²) in [5.41, 5.74) is 2.65. The van der Waals surface area contributed by atoms with Crippen LogP contribution in [0.5, 0.6) is 11.5 Å². The molecule has 1 N–H and O–H groups in total. The van der Waals surface area contributed by atoms with E-state index >= 15 is 0 Å². The van der Waals surface area contributed by atoms with E-state index in [0.29, 0.717) is 43.4 Å². The van der Waals surface area contributed by atoms with Crippen molar-refractivity contribution in [2.75, 3.05) is 20.3 Å². The van der Waals surface area contributed by atoms with Crippen LogP contribution in [0.25, 0.3) is 0 Å². The largest absolute Gasteiger partial charge is 0.493 e. The molecule has 0 aliphatic carbocycles. The number of methoxy groups -OCH3 is 1. The molecule has 0 radical (unpaired) electrons. The van der Waals surface area contributed by atoms with Gasteiger partial charge in [0.15, 0.2) is 11.5 Å². The molecule has 0 bridgehead atoms. The van der Waals surface area contributed by atoms with Crippen molar-refractivity contribution in [2.45, 2.75) is 20.1 Å². The Kier molecular flexibility index (Phi) is 7.71.